The summed E-state index contributed by atoms with van der Waals surface area (Å²) in [5, 5.41) is 0.994. The molecule has 0 saturated carbocycles. The molecule has 3 heteroatoms. The molecule has 0 spiro atoms. The van der Waals surface area contributed by atoms with E-state index in [1.807, 2.05) is 13.1 Å². The van der Waals surface area contributed by atoms with Gasteiger partial charge in [-0.2, -0.15) is 0 Å². The molecule has 1 aliphatic heterocycles. The Morgan fingerprint density at radius 1 is 1.33 bits per heavy atom. The second-order valence-corrected chi connectivity index (χ2v) is 5.10. The van der Waals surface area contributed by atoms with Crippen molar-refractivity contribution in [2.45, 2.75) is 13.3 Å². The lowest BCUT2D eigenvalue weighted by molar-refractivity contribution is 0.373. The van der Waals surface area contributed by atoms with Gasteiger partial charge in [0.25, 0.3) is 0 Å². The maximum Gasteiger partial charge on any atom is 0.124 e. The lowest BCUT2D eigenvalue weighted by atomic mass is 10.00. The van der Waals surface area contributed by atoms with Crippen molar-refractivity contribution >= 4 is 16.5 Å². The Bertz CT molecular complexity index is 625. The van der Waals surface area contributed by atoms with Crippen LogP contribution in [0, 0.1) is 12.7 Å². The van der Waals surface area contributed by atoms with Crippen molar-refractivity contribution in [3.63, 3.8) is 0 Å². The monoisotopic (exact) mass is 244 g/mol. The molecule has 1 aromatic carbocycles. The fraction of sp³-hybridized carbons (Fsp3) is 0.333. The first kappa shape index (κ1) is 11.5. The smallest absolute Gasteiger partial charge is 0.124 e. The number of nitrogens with zero attached hydrogens (tertiary/aromatic N) is 1. The number of fused-ring (bicyclic) bond motifs is 1. The number of nitrogens with one attached hydrogen (secondary N) is 1. The van der Waals surface area contributed by atoms with Crippen LogP contribution in [0.2, 0.25) is 0 Å². The molecule has 0 amide bonds. The lowest BCUT2D eigenvalue weighted by Crippen LogP contribution is -2.24. The number of likely N-dealkylation sites (N-methyl/N-ethyl adjacent to an activating group) is 1. The van der Waals surface area contributed by atoms with Crippen molar-refractivity contribution in [1.82, 2.24) is 9.88 Å². The highest BCUT2D eigenvalue weighted by Gasteiger charge is 2.15. The van der Waals surface area contributed by atoms with Crippen LogP contribution in [0.3, 0.4) is 0 Å². The van der Waals surface area contributed by atoms with Gasteiger partial charge in [0.2, 0.25) is 0 Å². The zero-order valence-corrected chi connectivity index (χ0v) is 10.8. The number of aromatic nitrogens is 1. The summed E-state index contributed by atoms with van der Waals surface area (Å²) in [6.07, 6.45) is 5.33. The van der Waals surface area contributed by atoms with E-state index >= 15 is 0 Å². The average Bonchev–Trinajstić information content (AvgIpc) is 2.72. The summed E-state index contributed by atoms with van der Waals surface area (Å²) in [7, 11) is 2.12. The van der Waals surface area contributed by atoms with Gasteiger partial charge in [0.15, 0.2) is 0 Å². The Morgan fingerprint density at radius 2 is 2.17 bits per heavy atom. The minimum absolute atomic E-state index is 0.161. The predicted molar refractivity (Wildman–Crippen MR) is 73.1 cm³/mol. The van der Waals surface area contributed by atoms with Gasteiger partial charge in [-0.1, -0.05) is 6.08 Å². The lowest BCUT2D eigenvalue weighted by Gasteiger charge is -2.22. The van der Waals surface area contributed by atoms with Crippen LogP contribution in [0.5, 0.6) is 0 Å². The number of halogens is 1. The van der Waals surface area contributed by atoms with Gasteiger partial charge in [0.05, 0.1) is 0 Å². The third-order valence-corrected chi connectivity index (χ3v) is 3.64. The number of H-pyrrole nitrogens is 1. The summed E-state index contributed by atoms with van der Waals surface area (Å²) in [5.74, 6) is -0.161. The van der Waals surface area contributed by atoms with Gasteiger partial charge in [-0.3, -0.25) is 0 Å². The first-order valence-corrected chi connectivity index (χ1v) is 6.30. The topological polar surface area (TPSA) is 19.0 Å². The van der Waals surface area contributed by atoms with Crippen LogP contribution < -0.4 is 0 Å². The Kier molecular flexibility index (Phi) is 2.71. The van der Waals surface area contributed by atoms with E-state index in [2.05, 4.69) is 23.0 Å². The average molecular weight is 244 g/mol. The summed E-state index contributed by atoms with van der Waals surface area (Å²) in [5.41, 5.74) is 4.43. The standard InChI is InChI=1S/C15H17FN2/c1-10-6-12(16)7-13-14(8-17-15(10)13)11-4-3-5-18(2)9-11/h4,6-8,17H,3,5,9H2,1-2H3. The van der Waals surface area contributed by atoms with Crippen LogP contribution in [0.4, 0.5) is 4.39 Å². The molecular weight excluding hydrogens is 227 g/mol. The third kappa shape index (κ3) is 1.85. The summed E-state index contributed by atoms with van der Waals surface area (Å²) >= 11 is 0. The molecule has 1 aromatic heterocycles. The first-order valence-electron chi connectivity index (χ1n) is 6.30. The number of rotatable bonds is 1. The van der Waals surface area contributed by atoms with E-state index in [4.69, 9.17) is 0 Å². The van der Waals surface area contributed by atoms with Gasteiger partial charge >= 0.3 is 0 Å². The third-order valence-electron chi connectivity index (χ3n) is 3.64. The molecule has 0 fully saturated rings. The molecule has 0 atom stereocenters. The molecule has 94 valence electrons. The molecule has 0 saturated heterocycles. The molecule has 2 heterocycles. The zero-order valence-electron chi connectivity index (χ0n) is 10.8. The van der Waals surface area contributed by atoms with E-state index in [1.54, 1.807) is 12.1 Å². The highest BCUT2D eigenvalue weighted by atomic mass is 19.1. The highest BCUT2D eigenvalue weighted by molar-refractivity contribution is 5.94. The van der Waals surface area contributed by atoms with E-state index in [1.165, 1.54) is 5.57 Å². The maximum atomic E-state index is 13.6. The van der Waals surface area contributed by atoms with Gasteiger partial charge in [0, 0.05) is 35.8 Å². The fourth-order valence-electron chi connectivity index (χ4n) is 2.72. The second-order valence-electron chi connectivity index (χ2n) is 5.10. The van der Waals surface area contributed by atoms with E-state index in [0.717, 1.165) is 41.5 Å². The number of aromatic amines is 1. The molecule has 0 aliphatic carbocycles. The zero-order chi connectivity index (χ0) is 12.7. The number of benzene rings is 1. The highest BCUT2D eigenvalue weighted by Crippen LogP contribution is 2.29. The fourth-order valence-corrected chi connectivity index (χ4v) is 2.72. The minimum Gasteiger partial charge on any atom is -0.360 e. The van der Waals surface area contributed by atoms with Crippen LogP contribution in [0.15, 0.2) is 24.4 Å². The summed E-state index contributed by atoms with van der Waals surface area (Å²) in [6.45, 7) is 3.97. The number of hydrogen-bond donors (Lipinski definition) is 1. The quantitative estimate of drug-likeness (QED) is 0.815. The SMILES string of the molecule is Cc1cc(F)cc2c(C3=CCCN(C)C3)c[nH]c12. The molecule has 18 heavy (non-hydrogen) atoms. The normalized spacial score (nSPS) is 17.2. The van der Waals surface area contributed by atoms with Gasteiger partial charge in [0.1, 0.15) is 5.82 Å². The van der Waals surface area contributed by atoms with Crippen molar-refractivity contribution in [1.29, 1.82) is 0 Å². The van der Waals surface area contributed by atoms with Crippen molar-refractivity contribution in [2.24, 2.45) is 0 Å². The molecule has 0 unspecified atom stereocenters. The molecular formula is C15H17FN2. The molecule has 3 rings (SSSR count). The Morgan fingerprint density at radius 3 is 2.94 bits per heavy atom. The molecule has 1 N–H and O–H groups in total. The predicted octanol–water partition coefficient (Wildman–Crippen LogP) is 3.33. The Hall–Kier alpha value is -1.61. The molecule has 0 radical (unpaired) electrons. The van der Waals surface area contributed by atoms with E-state index in [9.17, 15) is 4.39 Å². The summed E-state index contributed by atoms with van der Waals surface area (Å²) < 4.78 is 13.6. The van der Waals surface area contributed by atoms with E-state index in [-0.39, 0.29) is 5.82 Å². The van der Waals surface area contributed by atoms with Crippen LogP contribution in [0.1, 0.15) is 17.5 Å². The molecule has 1 aliphatic rings. The van der Waals surface area contributed by atoms with Gasteiger partial charge in [-0.05, 0) is 43.7 Å². The number of hydrogen-bond acceptors (Lipinski definition) is 1. The Balaban J connectivity index is 2.15. The molecule has 2 aromatic rings. The van der Waals surface area contributed by atoms with E-state index in [0.29, 0.717) is 0 Å². The molecule has 2 nitrogen and oxygen atoms in total. The van der Waals surface area contributed by atoms with Crippen molar-refractivity contribution in [2.75, 3.05) is 20.1 Å². The maximum absolute atomic E-state index is 13.6. The largest absolute Gasteiger partial charge is 0.360 e. The van der Waals surface area contributed by atoms with Crippen molar-refractivity contribution in [3.05, 3.63) is 41.3 Å². The van der Waals surface area contributed by atoms with Crippen LogP contribution >= 0.6 is 0 Å². The van der Waals surface area contributed by atoms with Crippen LogP contribution in [-0.2, 0) is 0 Å². The van der Waals surface area contributed by atoms with E-state index < -0.39 is 0 Å². The van der Waals surface area contributed by atoms with Gasteiger partial charge in [-0.25, -0.2) is 4.39 Å². The van der Waals surface area contributed by atoms with Gasteiger partial charge in [-0.15, -0.1) is 0 Å². The van der Waals surface area contributed by atoms with Crippen molar-refractivity contribution in [3.8, 4) is 0 Å². The Labute approximate surface area is 106 Å². The summed E-state index contributed by atoms with van der Waals surface area (Å²) in [6, 6.07) is 3.20. The first-order chi connectivity index (χ1) is 8.65. The van der Waals surface area contributed by atoms with Gasteiger partial charge < -0.3 is 9.88 Å². The minimum atomic E-state index is -0.161. The summed E-state index contributed by atoms with van der Waals surface area (Å²) in [4.78, 5) is 5.56. The van der Waals surface area contributed by atoms with Crippen molar-refractivity contribution < 1.29 is 4.39 Å². The van der Waals surface area contributed by atoms with Crippen LogP contribution in [0.25, 0.3) is 16.5 Å². The molecule has 0 bridgehead atoms. The number of aryl methyl sites for hydroxylation is 1. The second kappa shape index (κ2) is 4.25. The van der Waals surface area contributed by atoms with Crippen LogP contribution in [-0.4, -0.2) is 30.0 Å².